The molecule has 1 aromatic carbocycles. The van der Waals surface area contributed by atoms with Crippen molar-refractivity contribution in [2.75, 3.05) is 12.9 Å². The largest absolute Gasteiger partial charge is 0.497 e. The minimum atomic E-state index is -3.54. The first kappa shape index (κ1) is 15.9. The summed E-state index contributed by atoms with van der Waals surface area (Å²) in [6.07, 6.45) is 0. The summed E-state index contributed by atoms with van der Waals surface area (Å²) in [5, 5.41) is 0. The van der Waals surface area contributed by atoms with Gasteiger partial charge in [-0.1, -0.05) is 6.92 Å². The summed E-state index contributed by atoms with van der Waals surface area (Å²) in [5.74, 6) is 0.00874. The summed E-state index contributed by atoms with van der Waals surface area (Å²) in [7, 11) is -2.02. The number of ether oxygens (including phenoxy) is 1. The number of Topliss-reactive ketones (excluding diaryl/α,β-unsaturated/α-hetero) is 1. The van der Waals surface area contributed by atoms with Crippen LogP contribution >= 0.6 is 38.5 Å². The lowest BCUT2D eigenvalue weighted by Crippen LogP contribution is -2.35. The zero-order valence-corrected chi connectivity index (χ0v) is 14.4. The van der Waals surface area contributed by atoms with Gasteiger partial charge >= 0.3 is 0 Å². The molecule has 0 aliphatic heterocycles. The Hall–Kier alpha value is -0.150. The van der Waals surface area contributed by atoms with Gasteiger partial charge in [0, 0.05) is 5.56 Å². The van der Waals surface area contributed by atoms with Crippen LogP contribution < -0.4 is 4.74 Å². The van der Waals surface area contributed by atoms with Crippen LogP contribution in [0.25, 0.3) is 0 Å². The molecule has 0 N–H and O–H groups in total. The average molecular weight is 447 g/mol. The molecule has 0 saturated carbocycles. The monoisotopic (exact) mass is 446 g/mol. The maximum Gasteiger partial charge on any atom is 0.239 e. The molecule has 0 amide bonds. The lowest BCUT2D eigenvalue weighted by Gasteiger charge is -2.18. The summed E-state index contributed by atoms with van der Waals surface area (Å²) in [4.78, 5) is 12.2. The molecule has 0 aromatic heterocycles. The van der Waals surface area contributed by atoms with Crippen molar-refractivity contribution in [1.29, 1.82) is 0 Å². The van der Waals surface area contributed by atoms with E-state index in [4.69, 9.17) is 4.74 Å². The molecular weight excluding hydrogens is 435 g/mol. The normalized spacial score (nSPS) is 14.9. The van der Waals surface area contributed by atoms with Crippen LogP contribution in [0, 0.1) is 0 Å². The van der Waals surface area contributed by atoms with Crippen molar-refractivity contribution in [2.45, 2.75) is 8.59 Å². The molecule has 7 heteroatoms. The van der Waals surface area contributed by atoms with Gasteiger partial charge in [-0.2, -0.15) is 0 Å². The van der Waals surface area contributed by atoms with E-state index in [1.165, 1.54) is 14.0 Å². The maximum atomic E-state index is 12.2. The van der Waals surface area contributed by atoms with Crippen LogP contribution in [0.5, 0.6) is 5.75 Å². The zero-order chi connectivity index (χ0) is 14.0. The fourth-order valence-corrected chi connectivity index (χ4v) is 4.16. The average Bonchev–Trinajstić information content (AvgIpc) is 2.37. The minimum Gasteiger partial charge on any atom is -0.497 e. The second-order valence-electron chi connectivity index (χ2n) is 3.48. The van der Waals surface area contributed by atoms with E-state index in [1.807, 2.05) is 0 Å². The Kier molecular flexibility index (Phi) is 5.19. The third-order valence-corrected chi connectivity index (χ3v) is 8.46. The molecule has 18 heavy (non-hydrogen) atoms. The first-order valence-electron chi connectivity index (χ1n) is 5.05. The highest BCUT2D eigenvalue weighted by Gasteiger charge is 2.45. The Bertz CT molecular complexity index is 537. The van der Waals surface area contributed by atoms with Crippen molar-refractivity contribution in [2.24, 2.45) is 0 Å². The number of ketones is 1. The fourth-order valence-electron chi connectivity index (χ4n) is 1.23. The van der Waals surface area contributed by atoms with E-state index in [9.17, 15) is 13.2 Å². The number of benzene rings is 1. The topological polar surface area (TPSA) is 60.4 Å². The summed E-state index contributed by atoms with van der Waals surface area (Å²) in [6.45, 7) is 1.51. The number of hydrogen-bond donors (Lipinski definition) is 0. The molecule has 1 rings (SSSR count). The minimum absolute atomic E-state index is 0.108. The third kappa shape index (κ3) is 3.05. The van der Waals surface area contributed by atoms with Gasteiger partial charge in [-0.15, -0.1) is 0 Å². The van der Waals surface area contributed by atoms with Crippen molar-refractivity contribution in [1.82, 2.24) is 0 Å². The number of methoxy groups -OCH3 is 1. The van der Waals surface area contributed by atoms with Gasteiger partial charge in [0.25, 0.3) is 0 Å². The lowest BCUT2D eigenvalue weighted by molar-refractivity contribution is 0.101. The molecule has 0 spiro atoms. The third-order valence-electron chi connectivity index (χ3n) is 2.39. The Morgan fingerprint density at radius 1 is 1.39 bits per heavy atom. The van der Waals surface area contributed by atoms with Crippen LogP contribution in [-0.2, 0) is 9.84 Å². The highest BCUT2D eigenvalue weighted by atomic mass is 127. The van der Waals surface area contributed by atoms with Crippen LogP contribution in [0.1, 0.15) is 17.3 Å². The zero-order valence-electron chi connectivity index (χ0n) is 9.81. The number of sulfone groups is 1. The van der Waals surface area contributed by atoms with Crippen molar-refractivity contribution >= 4 is 54.1 Å². The molecule has 1 aromatic rings. The lowest BCUT2D eigenvalue weighted by atomic mass is 10.1. The molecule has 0 aliphatic carbocycles. The molecule has 0 saturated heterocycles. The Morgan fingerprint density at radius 3 is 2.28 bits per heavy atom. The van der Waals surface area contributed by atoms with E-state index < -0.39 is 17.3 Å². The molecule has 1 unspecified atom stereocenters. The SMILES string of the molecule is CCS(=O)(=O)C(Br)(I)C(=O)c1ccc(OC)cc1. The van der Waals surface area contributed by atoms with Gasteiger partial charge in [0.2, 0.25) is 7.45 Å². The highest BCUT2D eigenvalue weighted by molar-refractivity contribution is 14.1. The fraction of sp³-hybridized carbons (Fsp3) is 0.364. The summed E-state index contributed by atoms with van der Waals surface area (Å²) >= 11 is 4.63. The Morgan fingerprint density at radius 2 is 1.89 bits per heavy atom. The standard InChI is InChI=1S/C11H12BrIO4S/c1-3-18(15,16)11(12,13)10(14)8-4-6-9(17-2)7-5-8/h4-7H,3H2,1-2H3. The first-order chi connectivity index (χ1) is 8.26. The molecule has 0 fully saturated rings. The summed E-state index contributed by atoms with van der Waals surface area (Å²) < 4.78 is 27.1. The smallest absolute Gasteiger partial charge is 0.239 e. The van der Waals surface area contributed by atoms with E-state index in [-0.39, 0.29) is 5.75 Å². The second kappa shape index (κ2) is 5.87. The first-order valence-corrected chi connectivity index (χ1v) is 8.57. The molecule has 4 nitrogen and oxygen atoms in total. The molecule has 100 valence electrons. The van der Waals surface area contributed by atoms with Crippen LogP contribution in [0.15, 0.2) is 24.3 Å². The number of hydrogen-bond acceptors (Lipinski definition) is 4. The molecule has 0 heterocycles. The number of rotatable bonds is 5. The summed E-state index contributed by atoms with van der Waals surface area (Å²) in [5.41, 5.74) is 0.319. The number of carbonyl (C=O) groups excluding carboxylic acids is 1. The number of alkyl halides is 2. The van der Waals surface area contributed by atoms with Crippen molar-refractivity contribution in [3.05, 3.63) is 29.8 Å². The van der Waals surface area contributed by atoms with Gasteiger partial charge in [-0.3, -0.25) is 4.79 Å². The van der Waals surface area contributed by atoms with E-state index >= 15 is 0 Å². The molecule has 1 atom stereocenters. The Labute approximate surface area is 128 Å². The van der Waals surface area contributed by atoms with Crippen LogP contribution in [0.3, 0.4) is 0 Å². The van der Waals surface area contributed by atoms with Crippen LogP contribution in [0.2, 0.25) is 0 Å². The van der Waals surface area contributed by atoms with E-state index in [0.29, 0.717) is 11.3 Å². The highest BCUT2D eigenvalue weighted by Crippen LogP contribution is 2.37. The van der Waals surface area contributed by atoms with Crippen LogP contribution in [-0.4, -0.2) is 28.7 Å². The maximum absolute atomic E-state index is 12.2. The molecule has 0 radical (unpaired) electrons. The predicted octanol–water partition coefficient (Wildman–Crippen LogP) is 2.80. The van der Waals surface area contributed by atoms with Crippen molar-refractivity contribution in [3.8, 4) is 5.75 Å². The van der Waals surface area contributed by atoms with Gasteiger partial charge in [0.05, 0.1) is 12.9 Å². The second-order valence-corrected chi connectivity index (χ2v) is 11.4. The van der Waals surface area contributed by atoms with Crippen molar-refractivity contribution in [3.63, 3.8) is 0 Å². The number of halogens is 2. The van der Waals surface area contributed by atoms with Gasteiger partial charge in [0.15, 0.2) is 9.84 Å². The molecule has 0 bridgehead atoms. The predicted molar refractivity (Wildman–Crippen MR) is 82.5 cm³/mol. The quantitative estimate of drug-likeness (QED) is 0.396. The van der Waals surface area contributed by atoms with Gasteiger partial charge < -0.3 is 4.74 Å². The molecular formula is C11H12BrIO4S. The Balaban J connectivity index is 3.14. The van der Waals surface area contributed by atoms with Crippen LogP contribution in [0.4, 0.5) is 0 Å². The van der Waals surface area contributed by atoms with Gasteiger partial charge in [0.1, 0.15) is 5.75 Å². The van der Waals surface area contributed by atoms with Gasteiger partial charge in [-0.05, 0) is 62.8 Å². The molecule has 0 aliphatic rings. The van der Waals surface area contributed by atoms with E-state index in [1.54, 1.807) is 46.9 Å². The number of carbonyl (C=O) groups is 1. The van der Waals surface area contributed by atoms with Gasteiger partial charge in [-0.25, -0.2) is 8.42 Å². The van der Waals surface area contributed by atoms with E-state index in [2.05, 4.69) is 15.9 Å². The summed E-state index contributed by atoms with van der Waals surface area (Å²) in [6, 6.07) is 6.32. The van der Waals surface area contributed by atoms with Crippen molar-refractivity contribution < 1.29 is 17.9 Å². The van der Waals surface area contributed by atoms with E-state index in [0.717, 1.165) is 0 Å².